The van der Waals surface area contributed by atoms with Gasteiger partial charge in [0.1, 0.15) is 18.5 Å². The molecule has 30 heavy (non-hydrogen) atoms. The highest BCUT2D eigenvalue weighted by molar-refractivity contribution is 7.89. The Morgan fingerprint density at radius 2 is 2.13 bits per heavy atom. The van der Waals surface area contributed by atoms with Gasteiger partial charge in [0.25, 0.3) is 0 Å². The number of amides is 1. The second-order valence-electron chi connectivity index (χ2n) is 7.72. The Bertz CT molecular complexity index is 840. The average Bonchev–Trinajstić information content (AvgIpc) is 3.13. The number of carboxylic acid groups (broad SMARTS) is 1. The lowest BCUT2D eigenvalue weighted by molar-refractivity contribution is -0.0395. The van der Waals surface area contributed by atoms with Crippen molar-refractivity contribution in [1.29, 1.82) is 0 Å². The number of rotatable bonds is 8. The lowest BCUT2D eigenvalue weighted by Gasteiger charge is -2.37. The van der Waals surface area contributed by atoms with Gasteiger partial charge in [-0.3, -0.25) is 0 Å². The van der Waals surface area contributed by atoms with Crippen LogP contribution >= 0.6 is 0 Å². The van der Waals surface area contributed by atoms with E-state index in [1.165, 1.54) is 24.1 Å². The molecule has 1 amide bonds. The van der Waals surface area contributed by atoms with Gasteiger partial charge >= 0.3 is 6.09 Å². The van der Waals surface area contributed by atoms with Crippen LogP contribution in [0.5, 0.6) is 5.75 Å². The fourth-order valence-electron chi connectivity index (χ4n) is 3.83. The second-order valence-corrected chi connectivity index (χ2v) is 9.61. The summed E-state index contributed by atoms with van der Waals surface area (Å²) >= 11 is 0. The molecule has 2 heterocycles. The first-order valence-corrected chi connectivity index (χ1v) is 11.4. The predicted octanol–water partition coefficient (Wildman–Crippen LogP) is 0.226. The van der Waals surface area contributed by atoms with Gasteiger partial charge in [0.15, 0.2) is 0 Å². The van der Waals surface area contributed by atoms with Crippen LogP contribution in [0.25, 0.3) is 0 Å². The van der Waals surface area contributed by atoms with Crippen LogP contribution in [0.1, 0.15) is 19.3 Å². The third-order valence-corrected chi connectivity index (χ3v) is 7.04. The normalized spacial score (nSPS) is 22.2. The van der Waals surface area contributed by atoms with Crippen molar-refractivity contribution in [2.24, 2.45) is 0 Å². The van der Waals surface area contributed by atoms with Crippen molar-refractivity contribution >= 4 is 16.1 Å². The van der Waals surface area contributed by atoms with E-state index in [-0.39, 0.29) is 23.1 Å². The van der Waals surface area contributed by atoms with E-state index in [1.54, 1.807) is 12.1 Å². The lowest BCUT2D eigenvalue weighted by atomic mass is 9.87. The predicted molar refractivity (Wildman–Crippen MR) is 108 cm³/mol. The molecular formula is C19H29N3O7S. The molecule has 3 rings (SSSR count). The zero-order valence-corrected chi connectivity index (χ0v) is 17.7. The molecule has 0 bridgehead atoms. The van der Waals surface area contributed by atoms with E-state index in [1.807, 2.05) is 0 Å². The molecule has 1 aromatic rings. The zero-order valence-electron chi connectivity index (χ0n) is 16.9. The highest BCUT2D eigenvalue weighted by Crippen LogP contribution is 2.35. The van der Waals surface area contributed by atoms with Crippen LogP contribution in [-0.4, -0.2) is 87.3 Å². The molecule has 0 saturated carbocycles. The van der Waals surface area contributed by atoms with Crippen molar-refractivity contribution in [2.45, 2.75) is 41.9 Å². The van der Waals surface area contributed by atoms with Gasteiger partial charge in [-0.15, -0.1) is 0 Å². The van der Waals surface area contributed by atoms with E-state index >= 15 is 0 Å². The van der Waals surface area contributed by atoms with Crippen LogP contribution < -0.4 is 14.8 Å². The van der Waals surface area contributed by atoms with Crippen molar-refractivity contribution in [3.05, 3.63) is 24.3 Å². The van der Waals surface area contributed by atoms with Crippen molar-refractivity contribution in [3.63, 3.8) is 0 Å². The Morgan fingerprint density at radius 1 is 1.40 bits per heavy atom. The molecular weight excluding hydrogens is 414 g/mol. The van der Waals surface area contributed by atoms with Crippen LogP contribution in [-0.2, 0) is 14.8 Å². The Labute approximate surface area is 176 Å². The number of likely N-dealkylation sites (tertiary alicyclic amines) is 1. The molecule has 1 spiro atoms. The minimum absolute atomic E-state index is 0.0162. The van der Waals surface area contributed by atoms with E-state index in [9.17, 15) is 18.3 Å². The Kier molecular flexibility index (Phi) is 7.19. The third kappa shape index (κ3) is 5.61. The first-order chi connectivity index (χ1) is 14.2. The zero-order chi connectivity index (χ0) is 21.8. The number of sulfonamides is 1. The number of hydrogen-bond donors (Lipinski definition) is 4. The van der Waals surface area contributed by atoms with Gasteiger partial charge in [-0.05, 0) is 38.4 Å². The van der Waals surface area contributed by atoms with Gasteiger partial charge in [-0.1, -0.05) is 6.07 Å². The van der Waals surface area contributed by atoms with Gasteiger partial charge in [0.2, 0.25) is 10.0 Å². The molecule has 0 radical (unpaired) electrons. The van der Waals surface area contributed by atoms with Gasteiger partial charge in [0, 0.05) is 31.7 Å². The number of aliphatic hydroxyl groups excluding tert-OH is 1. The maximum atomic E-state index is 11.9. The minimum atomic E-state index is -3.56. The number of benzene rings is 1. The molecule has 2 saturated heterocycles. The van der Waals surface area contributed by atoms with Crippen LogP contribution in [0.2, 0.25) is 0 Å². The summed E-state index contributed by atoms with van der Waals surface area (Å²) in [6, 6.07) is 6.17. The molecule has 0 aliphatic carbocycles. The number of hydrogen-bond acceptors (Lipinski definition) is 7. The van der Waals surface area contributed by atoms with Crippen LogP contribution in [0.15, 0.2) is 29.2 Å². The molecule has 1 unspecified atom stereocenters. The summed E-state index contributed by atoms with van der Waals surface area (Å²) in [5.74, 6) is 0.360. The van der Waals surface area contributed by atoms with Crippen molar-refractivity contribution in [1.82, 2.24) is 14.9 Å². The number of nitrogens with one attached hydrogen (secondary N) is 2. The van der Waals surface area contributed by atoms with Gasteiger partial charge in [-0.25, -0.2) is 17.9 Å². The SMILES string of the molecule is CNS(=O)(=O)c1cccc(OCC(O)CN[C@H]2COC3(CCN(C(=O)O)CC3)C2)c1. The molecule has 1 aromatic carbocycles. The first-order valence-electron chi connectivity index (χ1n) is 9.93. The Hall–Kier alpha value is -1.92. The highest BCUT2D eigenvalue weighted by atomic mass is 32.2. The largest absolute Gasteiger partial charge is 0.491 e. The fraction of sp³-hybridized carbons (Fsp3) is 0.632. The molecule has 2 fully saturated rings. The molecule has 2 atom stereocenters. The maximum Gasteiger partial charge on any atom is 0.407 e. The van der Waals surface area contributed by atoms with Crippen molar-refractivity contribution in [2.75, 3.05) is 39.9 Å². The maximum absolute atomic E-state index is 11.9. The summed E-state index contributed by atoms with van der Waals surface area (Å²) in [7, 11) is -2.22. The van der Waals surface area contributed by atoms with Crippen LogP contribution in [0, 0.1) is 0 Å². The molecule has 2 aliphatic heterocycles. The first kappa shape index (κ1) is 22.8. The molecule has 11 heteroatoms. The van der Waals surface area contributed by atoms with Crippen molar-refractivity contribution < 1.29 is 32.9 Å². The number of aliphatic hydroxyl groups is 1. The Balaban J connectivity index is 1.41. The standard InChI is InChI=1S/C19H29N3O7S/c1-20-30(26,27)17-4-2-3-16(9-17)28-13-15(23)11-21-14-10-19(29-12-14)5-7-22(8-6-19)18(24)25/h2-4,9,14-15,20-21,23H,5-8,10-13H2,1H3,(H,24,25)/t14-,15?/m1/s1. The van der Waals surface area contributed by atoms with E-state index in [0.29, 0.717) is 44.8 Å². The molecule has 2 aliphatic rings. The Morgan fingerprint density at radius 3 is 2.80 bits per heavy atom. The topological polar surface area (TPSA) is 137 Å². The summed E-state index contributed by atoms with van der Waals surface area (Å²) in [6.07, 6.45) is 0.455. The van der Waals surface area contributed by atoms with E-state index in [4.69, 9.17) is 14.6 Å². The average molecular weight is 444 g/mol. The summed E-state index contributed by atoms with van der Waals surface area (Å²) in [6.45, 7) is 1.79. The number of carbonyl (C=O) groups is 1. The lowest BCUT2D eigenvalue weighted by Crippen LogP contribution is -2.46. The van der Waals surface area contributed by atoms with Gasteiger partial charge in [0.05, 0.1) is 17.1 Å². The van der Waals surface area contributed by atoms with Gasteiger partial charge < -0.3 is 29.9 Å². The summed E-state index contributed by atoms with van der Waals surface area (Å²) < 4.78 is 37.5. The number of ether oxygens (including phenoxy) is 2. The third-order valence-electron chi connectivity index (χ3n) is 5.62. The molecule has 4 N–H and O–H groups in total. The quantitative estimate of drug-likeness (QED) is 0.448. The van der Waals surface area contributed by atoms with E-state index in [0.717, 1.165) is 6.42 Å². The fourth-order valence-corrected chi connectivity index (χ4v) is 4.60. The number of piperidine rings is 1. The van der Waals surface area contributed by atoms with Gasteiger partial charge in [-0.2, -0.15) is 0 Å². The summed E-state index contributed by atoms with van der Waals surface area (Å²) in [4.78, 5) is 12.6. The minimum Gasteiger partial charge on any atom is -0.491 e. The monoisotopic (exact) mass is 443 g/mol. The van der Waals surface area contributed by atoms with Crippen molar-refractivity contribution in [3.8, 4) is 5.75 Å². The molecule has 168 valence electrons. The molecule has 10 nitrogen and oxygen atoms in total. The summed E-state index contributed by atoms with van der Waals surface area (Å²) in [5, 5.41) is 22.6. The van der Waals surface area contributed by atoms with E-state index < -0.39 is 22.2 Å². The van der Waals surface area contributed by atoms with E-state index in [2.05, 4.69) is 10.0 Å². The second kappa shape index (κ2) is 9.48. The van der Waals surface area contributed by atoms with Crippen LogP contribution in [0.4, 0.5) is 4.79 Å². The smallest absolute Gasteiger partial charge is 0.407 e. The van der Waals surface area contributed by atoms with Crippen LogP contribution in [0.3, 0.4) is 0 Å². The number of nitrogens with zero attached hydrogens (tertiary/aromatic N) is 1. The summed E-state index contributed by atoms with van der Waals surface area (Å²) in [5.41, 5.74) is -0.287. The molecule has 0 aromatic heterocycles. The highest BCUT2D eigenvalue weighted by Gasteiger charge is 2.43.